The minimum absolute atomic E-state index is 0.150. The van der Waals surface area contributed by atoms with Gasteiger partial charge in [0.15, 0.2) is 0 Å². The molecule has 1 atom stereocenters. The summed E-state index contributed by atoms with van der Waals surface area (Å²) >= 11 is 0. The van der Waals surface area contributed by atoms with E-state index >= 15 is 0 Å². The molecule has 0 radical (unpaired) electrons. The Morgan fingerprint density at radius 3 is 1.70 bits per heavy atom. The predicted octanol–water partition coefficient (Wildman–Crippen LogP) is 2.52. The van der Waals surface area contributed by atoms with Gasteiger partial charge in [0.05, 0.1) is 12.1 Å². The highest BCUT2D eigenvalue weighted by Gasteiger charge is 2.30. The molecule has 3 amide bonds. The number of nitrogens with zero attached hydrogens (tertiary/aromatic N) is 2. The Kier molecular flexibility index (Phi) is 7.12. The highest BCUT2D eigenvalue weighted by atomic mass is 19.1. The van der Waals surface area contributed by atoms with E-state index in [1.54, 1.807) is 31.2 Å². The van der Waals surface area contributed by atoms with Crippen molar-refractivity contribution in [1.82, 2.24) is 20.4 Å². The van der Waals surface area contributed by atoms with E-state index in [4.69, 9.17) is 0 Å². The Balaban J connectivity index is 1.73. The molecule has 2 aromatic carbocycles. The van der Waals surface area contributed by atoms with Gasteiger partial charge in [0.1, 0.15) is 11.6 Å². The SMILES string of the molecule is CNC(=O)NC(=O)C(C)N1CCN(C(c2ccc(F)cc2)c2ccc(F)cc2)CC1. The Hall–Kier alpha value is -2.84. The molecule has 1 unspecified atom stereocenters. The van der Waals surface area contributed by atoms with Gasteiger partial charge < -0.3 is 5.32 Å². The molecule has 1 aliphatic rings. The minimum atomic E-state index is -0.529. The Morgan fingerprint density at radius 2 is 1.27 bits per heavy atom. The number of rotatable bonds is 5. The fourth-order valence-electron chi connectivity index (χ4n) is 3.73. The average molecular weight is 416 g/mol. The van der Waals surface area contributed by atoms with Crippen molar-refractivity contribution in [3.63, 3.8) is 0 Å². The standard InChI is InChI=1S/C22H26F2N4O2/c1-15(21(29)26-22(30)25-2)27-11-13-28(14-12-27)20(16-3-7-18(23)8-4-16)17-5-9-19(24)10-6-17/h3-10,15,20H,11-14H2,1-2H3,(H2,25,26,29,30). The van der Waals surface area contributed by atoms with Crippen LogP contribution in [-0.4, -0.2) is 61.0 Å². The molecular formula is C22H26F2N4O2. The third-order valence-corrected chi connectivity index (χ3v) is 5.48. The van der Waals surface area contributed by atoms with E-state index in [1.165, 1.54) is 31.3 Å². The lowest BCUT2D eigenvalue weighted by molar-refractivity contribution is -0.125. The molecule has 0 aliphatic carbocycles. The molecule has 2 N–H and O–H groups in total. The normalized spacial score (nSPS) is 16.3. The molecule has 8 heteroatoms. The number of amides is 3. The summed E-state index contributed by atoms with van der Waals surface area (Å²) in [6, 6.07) is 11.6. The van der Waals surface area contributed by atoms with Crippen LogP contribution in [0.2, 0.25) is 0 Å². The molecule has 1 aliphatic heterocycles. The zero-order valence-corrected chi connectivity index (χ0v) is 17.1. The maximum atomic E-state index is 13.4. The molecular weight excluding hydrogens is 390 g/mol. The first-order valence-electron chi connectivity index (χ1n) is 9.90. The van der Waals surface area contributed by atoms with Crippen LogP contribution in [0.3, 0.4) is 0 Å². The van der Waals surface area contributed by atoms with E-state index in [2.05, 4.69) is 15.5 Å². The smallest absolute Gasteiger partial charge is 0.321 e. The molecule has 0 bridgehead atoms. The topological polar surface area (TPSA) is 64.7 Å². The second-order valence-corrected chi connectivity index (χ2v) is 7.32. The summed E-state index contributed by atoms with van der Waals surface area (Å²) < 4.78 is 26.9. The number of carbonyl (C=O) groups excluding carboxylic acids is 2. The van der Waals surface area contributed by atoms with Gasteiger partial charge in [-0.2, -0.15) is 0 Å². The largest absolute Gasteiger partial charge is 0.341 e. The molecule has 1 saturated heterocycles. The maximum absolute atomic E-state index is 13.4. The molecule has 0 spiro atoms. The summed E-state index contributed by atoms with van der Waals surface area (Å²) in [5.74, 6) is -0.967. The molecule has 0 saturated carbocycles. The van der Waals surface area contributed by atoms with Crippen LogP contribution in [0.1, 0.15) is 24.1 Å². The number of nitrogens with one attached hydrogen (secondary N) is 2. The van der Waals surface area contributed by atoms with Crippen LogP contribution in [0.15, 0.2) is 48.5 Å². The molecule has 6 nitrogen and oxygen atoms in total. The van der Waals surface area contributed by atoms with Gasteiger partial charge in [-0.3, -0.25) is 19.9 Å². The van der Waals surface area contributed by atoms with Crippen molar-refractivity contribution in [3.05, 3.63) is 71.3 Å². The molecule has 0 aromatic heterocycles. The summed E-state index contributed by atoms with van der Waals surface area (Å²) in [4.78, 5) is 27.9. The summed E-state index contributed by atoms with van der Waals surface area (Å²) in [6.45, 7) is 4.35. The monoisotopic (exact) mass is 416 g/mol. The van der Waals surface area contributed by atoms with Crippen molar-refractivity contribution in [2.75, 3.05) is 33.2 Å². The first-order chi connectivity index (χ1) is 14.4. The number of piperazine rings is 1. The van der Waals surface area contributed by atoms with Crippen LogP contribution < -0.4 is 10.6 Å². The molecule has 160 valence electrons. The highest BCUT2D eigenvalue weighted by Crippen LogP contribution is 2.30. The zero-order valence-electron chi connectivity index (χ0n) is 17.1. The first kappa shape index (κ1) is 21.9. The second kappa shape index (κ2) is 9.77. The van der Waals surface area contributed by atoms with Crippen LogP contribution in [0, 0.1) is 11.6 Å². The van der Waals surface area contributed by atoms with Crippen LogP contribution in [0.4, 0.5) is 13.6 Å². The van der Waals surface area contributed by atoms with Crippen molar-refractivity contribution >= 4 is 11.9 Å². The first-order valence-corrected chi connectivity index (χ1v) is 9.90. The van der Waals surface area contributed by atoms with Gasteiger partial charge in [-0.15, -0.1) is 0 Å². The lowest BCUT2D eigenvalue weighted by atomic mass is 9.96. The van der Waals surface area contributed by atoms with Crippen LogP contribution in [0.5, 0.6) is 0 Å². The lowest BCUT2D eigenvalue weighted by Gasteiger charge is -2.41. The Morgan fingerprint density at radius 1 is 0.833 bits per heavy atom. The number of imide groups is 1. The van der Waals surface area contributed by atoms with Crippen molar-refractivity contribution in [2.45, 2.75) is 19.0 Å². The van der Waals surface area contributed by atoms with Gasteiger partial charge in [-0.05, 0) is 42.3 Å². The molecule has 30 heavy (non-hydrogen) atoms. The van der Waals surface area contributed by atoms with Gasteiger partial charge in [0, 0.05) is 33.2 Å². The number of benzene rings is 2. The zero-order chi connectivity index (χ0) is 21.7. The summed E-state index contributed by atoms with van der Waals surface area (Å²) in [5, 5.41) is 4.68. The summed E-state index contributed by atoms with van der Waals surface area (Å²) in [5.41, 5.74) is 1.84. The van der Waals surface area contributed by atoms with E-state index in [0.717, 1.165) is 11.1 Å². The van der Waals surface area contributed by atoms with Gasteiger partial charge >= 0.3 is 6.03 Å². The van der Waals surface area contributed by atoms with E-state index in [9.17, 15) is 18.4 Å². The van der Waals surface area contributed by atoms with Crippen molar-refractivity contribution in [2.24, 2.45) is 0 Å². The van der Waals surface area contributed by atoms with Gasteiger partial charge in [0.2, 0.25) is 5.91 Å². The fourth-order valence-corrected chi connectivity index (χ4v) is 3.73. The third-order valence-electron chi connectivity index (χ3n) is 5.48. The lowest BCUT2D eigenvalue weighted by Crippen LogP contribution is -2.55. The maximum Gasteiger partial charge on any atom is 0.321 e. The van der Waals surface area contributed by atoms with Crippen LogP contribution in [-0.2, 0) is 4.79 Å². The minimum Gasteiger partial charge on any atom is -0.341 e. The number of urea groups is 1. The van der Waals surface area contributed by atoms with Crippen molar-refractivity contribution < 1.29 is 18.4 Å². The van der Waals surface area contributed by atoms with E-state index in [1.807, 2.05) is 4.90 Å². The van der Waals surface area contributed by atoms with Gasteiger partial charge in [-0.25, -0.2) is 13.6 Å². The second-order valence-electron chi connectivity index (χ2n) is 7.32. The number of halogens is 2. The number of hydrogen-bond acceptors (Lipinski definition) is 4. The number of hydrogen-bond donors (Lipinski definition) is 2. The van der Waals surface area contributed by atoms with Crippen molar-refractivity contribution in [3.8, 4) is 0 Å². The van der Waals surface area contributed by atoms with Crippen molar-refractivity contribution in [1.29, 1.82) is 0 Å². The fraction of sp³-hybridized carbons (Fsp3) is 0.364. The summed E-state index contributed by atoms with van der Waals surface area (Å²) in [6.07, 6.45) is 0. The van der Waals surface area contributed by atoms with Crippen LogP contribution in [0.25, 0.3) is 0 Å². The number of carbonyl (C=O) groups is 2. The highest BCUT2D eigenvalue weighted by molar-refractivity contribution is 5.96. The average Bonchev–Trinajstić information content (AvgIpc) is 2.76. The molecule has 2 aromatic rings. The predicted molar refractivity (Wildman–Crippen MR) is 110 cm³/mol. The molecule has 3 rings (SSSR count). The van der Waals surface area contributed by atoms with E-state index in [0.29, 0.717) is 26.2 Å². The Bertz CT molecular complexity index is 820. The van der Waals surface area contributed by atoms with E-state index < -0.39 is 12.1 Å². The quantitative estimate of drug-likeness (QED) is 0.786. The third kappa shape index (κ3) is 5.20. The molecule has 1 fully saturated rings. The Labute approximate surface area is 174 Å². The van der Waals surface area contributed by atoms with Crippen LogP contribution >= 0.6 is 0 Å². The summed E-state index contributed by atoms with van der Waals surface area (Å²) in [7, 11) is 1.46. The van der Waals surface area contributed by atoms with E-state index in [-0.39, 0.29) is 23.6 Å². The van der Waals surface area contributed by atoms with Gasteiger partial charge in [0.25, 0.3) is 0 Å². The van der Waals surface area contributed by atoms with Gasteiger partial charge in [-0.1, -0.05) is 24.3 Å². The molecule has 1 heterocycles.